The van der Waals surface area contributed by atoms with Crippen LogP contribution in [0.4, 0.5) is 16.7 Å². The lowest BCUT2D eigenvalue weighted by molar-refractivity contribution is 0.0527. The van der Waals surface area contributed by atoms with E-state index in [1.54, 1.807) is 0 Å². The van der Waals surface area contributed by atoms with Crippen molar-refractivity contribution in [1.82, 2.24) is 20.3 Å². The number of anilines is 2. The predicted octanol–water partition coefficient (Wildman–Crippen LogP) is 2.42. The molecule has 25 heavy (non-hydrogen) atoms. The van der Waals surface area contributed by atoms with E-state index in [1.165, 1.54) is 7.11 Å². The lowest BCUT2D eigenvalue weighted by Crippen LogP contribution is -2.33. The van der Waals surface area contributed by atoms with Crippen LogP contribution in [0.3, 0.4) is 0 Å². The van der Waals surface area contributed by atoms with Gasteiger partial charge in [-0.25, -0.2) is 4.79 Å². The van der Waals surface area contributed by atoms with E-state index in [9.17, 15) is 4.79 Å². The van der Waals surface area contributed by atoms with Crippen LogP contribution in [0.5, 0.6) is 6.01 Å². The van der Waals surface area contributed by atoms with Gasteiger partial charge >= 0.3 is 12.1 Å². The molecule has 9 nitrogen and oxygen atoms in total. The highest BCUT2D eigenvalue weighted by Gasteiger charge is 2.15. The maximum atomic E-state index is 11.5. The first-order chi connectivity index (χ1) is 11.8. The Bertz CT molecular complexity index is 533. The van der Waals surface area contributed by atoms with Crippen molar-refractivity contribution in [2.45, 2.75) is 52.6 Å². The van der Waals surface area contributed by atoms with Crippen molar-refractivity contribution in [2.75, 3.05) is 37.4 Å². The molecule has 3 N–H and O–H groups in total. The molecule has 0 radical (unpaired) electrons. The summed E-state index contributed by atoms with van der Waals surface area (Å²) in [5, 5.41) is 8.93. The summed E-state index contributed by atoms with van der Waals surface area (Å²) in [6.45, 7) is 9.54. The molecule has 0 atom stereocenters. The van der Waals surface area contributed by atoms with Crippen molar-refractivity contribution in [3.63, 3.8) is 0 Å². The molecule has 0 unspecified atom stereocenters. The molecule has 0 aliphatic carbocycles. The number of hydrogen-bond acceptors (Lipinski definition) is 8. The van der Waals surface area contributed by atoms with Gasteiger partial charge < -0.3 is 25.4 Å². The predicted molar refractivity (Wildman–Crippen MR) is 97.1 cm³/mol. The average molecular weight is 354 g/mol. The molecule has 1 amide bonds. The molecule has 0 bridgehead atoms. The van der Waals surface area contributed by atoms with Gasteiger partial charge in [0.25, 0.3) is 0 Å². The van der Waals surface area contributed by atoms with Crippen molar-refractivity contribution in [1.29, 1.82) is 0 Å². The molecule has 0 aliphatic heterocycles. The van der Waals surface area contributed by atoms with Crippen molar-refractivity contribution in [3.05, 3.63) is 0 Å². The second-order valence-corrected chi connectivity index (χ2v) is 6.42. The van der Waals surface area contributed by atoms with E-state index < -0.39 is 5.60 Å². The molecule has 0 saturated carbocycles. The van der Waals surface area contributed by atoms with Gasteiger partial charge in [0.2, 0.25) is 11.9 Å². The molecule has 0 spiro atoms. The molecule has 1 rings (SSSR count). The van der Waals surface area contributed by atoms with Gasteiger partial charge in [0.1, 0.15) is 5.60 Å². The SMILES string of the molecule is CCNc1nc(NCCCCCNC(=O)OC(C)(C)C)nc(OC)n1. The normalized spacial score (nSPS) is 10.9. The average Bonchev–Trinajstić information content (AvgIpc) is 2.52. The number of hydrogen-bond donors (Lipinski definition) is 3. The van der Waals surface area contributed by atoms with Crippen LogP contribution in [0.15, 0.2) is 0 Å². The highest BCUT2D eigenvalue weighted by Crippen LogP contribution is 2.11. The second-order valence-electron chi connectivity index (χ2n) is 6.42. The van der Waals surface area contributed by atoms with Crippen LogP contribution in [0.1, 0.15) is 47.0 Å². The molecule has 9 heteroatoms. The molecule has 0 aliphatic rings. The number of rotatable bonds is 10. The van der Waals surface area contributed by atoms with Gasteiger partial charge in [0, 0.05) is 19.6 Å². The largest absolute Gasteiger partial charge is 0.467 e. The molecule has 1 aromatic heterocycles. The molecule has 0 aromatic carbocycles. The van der Waals surface area contributed by atoms with Gasteiger partial charge in [-0.15, -0.1) is 0 Å². The Morgan fingerprint density at radius 2 is 1.64 bits per heavy atom. The van der Waals surface area contributed by atoms with E-state index in [0.717, 1.165) is 32.4 Å². The molecule has 0 fully saturated rings. The topological polar surface area (TPSA) is 110 Å². The summed E-state index contributed by atoms with van der Waals surface area (Å²) >= 11 is 0. The number of ether oxygens (including phenoxy) is 2. The van der Waals surface area contributed by atoms with Crippen LogP contribution >= 0.6 is 0 Å². The van der Waals surface area contributed by atoms with Gasteiger partial charge in [-0.1, -0.05) is 0 Å². The van der Waals surface area contributed by atoms with Gasteiger partial charge in [0.05, 0.1) is 7.11 Å². The number of amides is 1. The Morgan fingerprint density at radius 3 is 2.24 bits per heavy atom. The highest BCUT2D eigenvalue weighted by molar-refractivity contribution is 5.67. The summed E-state index contributed by atoms with van der Waals surface area (Å²) < 4.78 is 10.2. The van der Waals surface area contributed by atoms with Gasteiger partial charge in [-0.05, 0) is 47.0 Å². The quantitative estimate of drug-likeness (QED) is 0.550. The summed E-state index contributed by atoms with van der Waals surface area (Å²) in [6.07, 6.45) is 2.40. The summed E-state index contributed by atoms with van der Waals surface area (Å²) in [7, 11) is 1.52. The summed E-state index contributed by atoms with van der Waals surface area (Å²) in [4.78, 5) is 24.0. The fourth-order valence-corrected chi connectivity index (χ4v) is 1.90. The van der Waals surface area contributed by atoms with Gasteiger partial charge in [-0.2, -0.15) is 15.0 Å². The number of nitrogens with one attached hydrogen (secondary N) is 3. The van der Waals surface area contributed by atoms with Crippen LogP contribution in [0, 0.1) is 0 Å². The van der Waals surface area contributed by atoms with E-state index in [0.29, 0.717) is 18.4 Å². The number of unbranched alkanes of at least 4 members (excludes halogenated alkanes) is 2. The fraction of sp³-hybridized carbons (Fsp3) is 0.750. The van der Waals surface area contributed by atoms with E-state index in [2.05, 4.69) is 30.9 Å². The van der Waals surface area contributed by atoms with Crippen molar-refractivity contribution in [2.24, 2.45) is 0 Å². The zero-order valence-electron chi connectivity index (χ0n) is 15.8. The Morgan fingerprint density at radius 1 is 1.00 bits per heavy atom. The standard InChI is InChI=1S/C16H30N6O3/c1-6-17-12-20-13(22-14(21-12)24-5)18-10-8-7-9-11-19-15(23)25-16(2,3)4/h6-11H2,1-5H3,(H,19,23)(H2,17,18,20,21,22). The third-order valence-corrected chi connectivity index (χ3v) is 2.94. The highest BCUT2D eigenvalue weighted by atomic mass is 16.6. The Hall–Kier alpha value is -2.32. The number of nitrogens with zero attached hydrogens (tertiary/aromatic N) is 3. The molecular weight excluding hydrogens is 324 g/mol. The molecular formula is C16H30N6O3. The lowest BCUT2D eigenvalue weighted by atomic mass is 10.2. The van der Waals surface area contributed by atoms with E-state index in [-0.39, 0.29) is 12.1 Å². The van der Waals surface area contributed by atoms with E-state index in [4.69, 9.17) is 9.47 Å². The number of carbonyl (C=O) groups excluding carboxylic acids is 1. The van der Waals surface area contributed by atoms with Gasteiger partial charge in [-0.3, -0.25) is 0 Å². The first-order valence-electron chi connectivity index (χ1n) is 8.58. The van der Waals surface area contributed by atoms with Crippen molar-refractivity contribution < 1.29 is 14.3 Å². The maximum absolute atomic E-state index is 11.5. The third kappa shape index (κ3) is 9.53. The first kappa shape index (κ1) is 20.7. The smallest absolute Gasteiger partial charge is 0.407 e. The molecule has 1 heterocycles. The van der Waals surface area contributed by atoms with Crippen LogP contribution in [-0.2, 0) is 4.74 Å². The van der Waals surface area contributed by atoms with Crippen LogP contribution in [-0.4, -0.2) is 53.4 Å². The van der Waals surface area contributed by atoms with E-state index >= 15 is 0 Å². The molecule has 0 saturated heterocycles. The fourth-order valence-electron chi connectivity index (χ4n) is 1.90. The molecule has 1 aromatic rings. The van der Waals surface area contributed by atoms with Crippen LogP contribution < -0.4 is 20.7 Å². The summed E-state index contributed by atoms with van der Waals surface area (Å²) in [6, 6.07) is 0.273. The summed E-state index contributed by atoms with van der Waals surface area (Å²) in [5.74, 6) is 0.966. The lowest BCUT2D eigenvalue weighted by Gasteiger charge is -2.19. The summed E-state index contributed by atoms with van der Waals surface area (Å²) in [5.41, 5.74) is -0.467. The van der Waals surface area contributed by atoms with Crippen LogP contribution in [0.2, 0.25) is 0 Å². The number of aromatic nitrogens is 3. The Labute approximate surface area is 149 Å². The van der Waals surface area contributed by atoms with Gasteiger partial charge in [0.15, 0.2) is 0 Å². The van der Waals surface area contributed by atoms with Crippen LogP contribution in [0.25, 0.3) is 0 Å². The maximum Gasteiger partial charge on any atom is 0.407 e. The number of methoxy groups -OCH3 is 1. The van der Waals surface area contributed by atoms with Crippen molar-refractivity contribution in [3.8, 4) is 6.01 Å². The Balaban J connectivity index is 2.21. The van der Waals surface area contributed by atoms with Crippen molar-refractivity contribution >= 4 is 18.0 Å². The first-order valence-corrected chi connectivity index (χ1v) is 8.58. The molecule has 142 valence electrons. The zero-order chi connectivity index (χ0) is 18.7. The second kappa shape index (κ2) is 10.5. The minimum Gasteiger partial charge on any atom is -0.467 e. The zero-order valence-corrected chi connectivity index (χ0v) is 15.8. The monoisotopic (exact) mass is 354 g/mol. The number of carbonyl (C=O) groups is 1. The van der Waals surface area contributed by atoms with E-state index in [1.807, 2.05) is 27.7 Å². The number of alkyl carbamates (subject to hydrolysis) is 1. The minimum absolute atomic E-state index is 0.273. The third-order valence-electron chi connectivity index (χ3n) is 2.94. The Kier molecular flexibility index (Phi) is 8.73. The minimum atomic E-state index is -0.467.